The van der Waals surface area contributed by atoms with Crippen molar-refractivity contribution in [2.45, 2.75) is 83.5 Å². The zero-order valence-electron chi connectivity index (χ0n) is 19.1. The van der Waals surface area contributed by atoms with Gasteiger partial charge in [0.2, 0.25) is 0 Å². The van der Waals surface area contributed by atoms with Gasteiger partial charge < -0.3 is 19.5 Å². The zero-order valence-corrected chi connectivity index (χ0v) is 19.1. The SMILES string of the molecule is CCCCCC(=O)Oc1ccccc1C(=O)NC1=CC(=O)[C@H]2O[C@H]2[C@H]1OC(=O)CCCCC. The number of hydrogen-bond acceptors (Lipinski definition) is 7. The van der Waals surface area contributed by atoms with E-state index < -0.39 is 36.2 Å². The quantitative estimate of drug-likeness (QED) is 0.221. The lowest BCUT2D eigenvalue weighted by atomic mass is 10.00. The van der Waals surface area contributed by atoms with E-state index in [9.17, 15) is 19.2 Å². The van der Waals surface area contributed by atoms with Crippen LogP contribution in [0.5, 0.6) is 5.75 Å². The predicted molar refractivity (Wildman–Crippen MR) is 119 cm³/mol. The number of fused-ring (bicyclic) bond motifs is 1. The first-order valence-corrected chi connectivity index (χ1v) is 11.7. The van der Waals surface area contributed by atoms with E-state index in [1.54, 1.807) is 12.1 Å². The summed E-state index contributed by atoms with van der Waals surface area (Å²) in [5, 5.41) is 2.66. The minimum Gasteiger partial charge on any atom is -0.453 e. The lowest BCUT2D eigenvalue weighted by Crippen LogP contribution is -2.40. The smallest absolute Gasteiger partial charge is 0.311 e. The van der Waals surface area contributed by atoms with Crippen LogP contribution in [-0.4, -0.2) is 41.9 Å². The number of carbonyl (C=O) groups excluding carboxylic acids is 4. The second-order valence-electron chi connectivity index (χ2n) is 8.27. The van der Waals surface area contributed by atoms with E-state index in [1.165, 1.54) is 18.2 Å². The molecule has 0 bridgehead atoms. The number of epoxide rings is 1. The number of hydrogen-bond donors (Lipinski definition) is 1. The van der Waals surface area contributed by atoms with Crippen molar-refractivity contribution in [1.29, 1.82) is 0 Å². The molecule has 1 saturated heterocycles. The van der Waals surface area contributed by atoms with Crippen molar-refractivity contribution in [3.05, 3.63) is 41.6 Å². The lowest BCUT2D eigenvalue weighted by molar-refractivity contribution is -0.148. The van der Waals surface area contributed by atoms with Gasteiger partial charge in [0.1, 0.15) is 11.9 Å². The number of ether oxygens (including phenoxy) is 3. The molecule has 2 aliphatic rings. The van der Waals surface area contributed by atoms with Crippen LogP contribution < -0.4 is 10.1 Å². The minimum absolute atomic E-state index is 0.132. The molecule has 178 valence electrons. The van der Waals surface area contributed by atoms with Gasteiger partial charge in [-0.05, 0) is 25.0 Å². The molecule has 1 amide bonds. The van der Waals surface area contributed by atoms with E-state index in [-0.39, 0.29) is 35.6 Å². The molecule has 0 radical (unpaired) electrons. The number of ketones is 1. The number of amides is 1. The summed E-state index contributed by atoms with van der Waals surface area (Å²) >= 11 is 0. The van der Waals surface area contributed by atoms with Crippen molar-refractivity contribution in [3.63, 3.8) is 0 Å². The maximum Gasteiger partial charge on any atom is 0.311 e. The molecule has 33 heavy (non-hydrogen) atoms. The number of esters is 2. The highest BCUT2D eigenvalue weighted by molar-refractivity contribution is 6.02. The molecule has 3 rings (SSSR count). The van der Waals surface area contributed by atoms with E-state index in [2.05, 4.69) is 5.32 Å². The van der Waals surface area contributed by atoms with Gasteiger partial charge in [0.25, 0.3) is 5.91 Å². The van der Waals surface area contributed by atoms with Crippen LogP contribution >= 0.6 is 0 Å². The Hall–Kier alpha value is -3.00. The molecule has 1 aliphatic carbocycles. The minimum atomic E-state index is -0.866. The van der Waals surface area contributed by atoms with Crippen LogP contribution in [-0.2, 0) is 23.9 Å². The van der Waals surface area contributed by atoms with Gasteiger partial charge in [-0.3, -0.25) is 19.2 Å². The maximum atomic E-state index is 13.0. The molecule has 1 heterocycles. The molecule has 1 aliphatic heterocycles. The summed E-state index contributed by atoms with van der Waals surface area (Å²) in [6.07, 6.45) is 4.87. The van der Waals surface area contributed by atoms with Crippen LogP contribution in [0.1, 0.15) is 75.6 Å². The van der Waals surface area contributed by atoms with Crippen LogP contribution in [0.2, 0.25) is 0 Å². The molecule has 0 unspecified atom stereocenters. The molecule has 1 aromatic rings. The Balaban J connectivity index is 1.68. The van der Waals surface area contributed by atoms with Crippen molar-refractivity contribution < 1.29 is 33.4 Å². The molecular formula is C25H31NO7. The largest absolute Gasteiger partial charge is 0.453 e. The average molecular weight is 458 g/mol. The second-order valence-corrected chi connectivity index (χ2v) is 8.27. The van der Waals surface area contributed by atoms with E-state index in [0.717, 1.165) is 25.7 Å². The van der Waals surface area contributed by atoms with Gasteiger partial charge in [-0.15, -0.1) is 0 Å². The molecule has 0 spiro atoms. The zero-order chi connectivity index (χ0) is 23.8. The summed E-state index contributed by atoms with van der Waals surface area (Å²) in [6, 6.07) is 6.38. The van der Waals surface area contributed by atoms with Gasteiger partial charge in [0.15, 0.2) is 18.0 Å². The molecule has 8 nitrogen and oxygen atoms in total. The van der Waals surface area contributed by atoms with Crippen molar-refractivity contribution in [2.24, 2.45) is 0 Å². The molecular weight excluding hydrogens is 426 g/mol. The summed E-state index contributed by atoms with van der Waals surface area (Å²) in [4.78, 5) is 49.6. The molecule has 1 aromatic carbocycles. The first kappa shape index (κ1) is 24.6. The van der Waals surface area contributed by atoms with Crippen LogP contribution in [0.15, 0.2) is 36.0 Å². The first-order valence-electron chi connectivity index (χ1n) is 11.7. The Morgan fingerprint density at radius 3 is 2.33 bits per heavy atom. The van der Waals surface area contributed by atoms with Crippen molar-refractivity contribution in [3.8, 4) is 5.75 Å². The lowest BCUT2D eigenvalue weighted by Gasteiger charge is -2.22. The maximum absolute atomic E-state index is 13.0. The normalized spacial score (nSPS) is 21.0. The molecule has 3 atom stereocenters. The topological polar surface area (TPSA) is 111 Å². The summed E-state index contributed by atoms with van der Waals surface area (Å²) in [5.41, 5.74) is 0.304. The third-order valence-electron chi connectivity index (χ3n) is 5.55. The fourth-order valence-electron chi connectivity index (χ4n) is 3.67. The average Bonchev–Trinajstić information content (AvgIpc) is 3.59. The van der Waals surface area contributed by atoms with Crippen LogP contribution in [0.4, 0.5) is 0 Å². The predicted octanol–water partition coefficient (Wildman–Crippen LogP) is 3.63. The van der Waals surface area contributed by atoms with E-state index in [4.69, 9.17) is 14.2 Å². The standard InChI is InChI=1S/C25H31NO7/c1-3-5-7-13-20(28)31-19-12-10-9-11-16(19)25(30)26-17-15-18(27)23-24(33-23)22(17)32-21(29)14-8-6-4-2/h9-12,15,22-24H,3-8,13-14H2,1-2H3,(H,26,30)/t22-,23+,24-/m0/s1. The Kier molecular flexibility index (Phi) is 8.77. The highest BCUT2D eigenvalue weighted by atomic mass is 16.6. The third-order valence-corrected chi connectivity index (χ3v) is 5.55. The van der Waals surface area contributed by atoms with Crippen LogP contribution in [0, 0.1) is 0 Å². The van der Waals surface area contributed by atoms with E-state index in [1.807, 2.05) is 13.8 Å². The molecule has 1 N–H and O–H groups in total. The molecule has 8 heteroatoms. The fraction of sp³-hybridized carbons (Fsp3) is 0.520. The van der Waals surface area contributed by atoms with Gasteiger partial charge in [-0.25, -0.2) is 0 Å². The van der Waals surface area contributed by atoms with E-state index >= 15 is 0 Å². The Morgan fingerprint density at radius 2 is 1.64 bits per heavy atom. The van der Waals surface area contributed by atoms with Gasteiger partial charge >= 0.3 is 11.9 Å². The summed E-state index contributed by atoms with van der Waals surface area (Å²) in [5.74, 6) is -1.54. The number of para-hydroxylation sites is 1. The monoisotopic (exact) mass is 457 g/mol. The van der Waals surface area contributed by atoms with Gasteiger partial charge in [0, 0.05) is 18.9 Å². The van der Waals surface area contributed by atoms with Crippen molar-refractivity contribution in [1.82, 2.24) is 5.32 Å². The first-order chi connectivity index (χ1) is 15.9. The van der Waals surface area contributed by atoms with Crippen LogP contribution in [0.25, 0.3) is 0 Å². The van der Waals surface area contributed by atoms with Crippen LogP contribution in [0.3, 0.4) is 0 Å². The van der Waals surface area contributed by atoms with Crippen molar-refractivity contribution >= 4 is 23.6 Å². The third kappa shape index (κ3) is 6.74. The number of carbonyl (C=O) groups is 4. The Labute approximate surface area is 193 Å². The summed E-state index contributed by atoms with van der Waals surface area (Å²) < 4.78 is 16.3. The summed E-state index contributed by atoms with van der Waals surface area (Å²) in [7, 11) is 0. The number of rotatable bonds is 12. The number of benzene rings is 1. The Morgan fingerprint density at radius 1 is 0.970 bits per heavy atom. The second kappa shape index (κ2) is 11.7. The highest BCUT2D eigenvalue weighted by Gasteiger charge is 2.55. The molecule has 0 aromatic heterocycles. The Bertz CT molecular complexity index is 923. The number of nitrogens with one attached hydrogen (secondary N) is 1. The fourth-order valence-corrected chi connectivity index (χ4v) is 3.67. The van der Waals surface area contributed by atoms with Gasteiger partial charge in [-0.2, -0.15) is 0 Å². The van der Waals surface area contributed by atoms with Gasteiger partial charge in [-0.1, -0.05) is 51.7 Å². The molecule has 0 saturated carbocycles. The number of unbranched alkanes of at least 4 members (excludes halogenated alkanes) is 4. The highest BCUT2D eigenvalue weighted by Crippen LogP contribution is 2.36. The molecule has 1 fully saturated rings. The van der Waals surface area contributed by atoms with Crippen molar-refractivity contribution in [2.75, 3.05) is 0 Å². The van der Waals surface area contributed by atoms with Gasteiger partial charge in [0.05, 0.1) is 11.3 Å². The summed E-state index contributed by atoms with van der Waals surface area (Å²) in [6.45, 7) is 4.08. The van der Waals surface area contributed by atoms with E-state index in [0.29, 0.717) is 12.8 Å².